The standard InChI is InChI=1S/C20H21ClN2O5S/c1-10(2)28-20(25)17-13-6-4-11(3)8-16(13)29-19(17)22-18(24)14-9-12(21)5-7-15(14)23(26)27/h5,7,9-11H,4,6,8H2,1-3H3,(H,22,24)/t11-/m1/s1. The molecule has 1 aliphatic rings. The average Bonchev–Trinajstić information content (AvgIpc) is 2.97. The molecular formula is C20H21ClN2O5S. The summed E-state index contributed by atoms with van der Waals surface area (Å²) in [4.78, 5) is 37.3. The Morgan fingerprint density at radius 1 is 1.38 bits per heavy atom. The van der Waals surface area contributed by atoms with Crippen molar-refractivity contribution in [2.75, 3.05) is 5.32 Å². The minimum Gasteiger partial charge on any atom is -0.459 e. The second kappa shape index (κ2) is 8.51. The molecule has 0 saturated carbocycles. The topological polar surface area (TPSA) is 98.5 Å². The first-order chi connectivity index (χ1) is 13.7. The van der Waals surface area contributed by atoms with Crippen LogP contribution in [0.4, 0.5) is 10.7 Å². The number of halogens is 1. The van der Waals surface area contributed by atoms with E-state index in [2.05, 4.69) is 12.2 Å². The van der Waals surface area contributed by atoms with E-state index in [0.717, 1.165) is 29.7 Å². The first kappa shape index (κ1) is 21.3. The fourth-order valence-electron chi connectivity index (χ4n) is 3.35. The number of nitro benzene ring substituents is 1. The molecule has 154 valence electrons. The van der Waals surface area contributed by atoms with Crippen LogP contribution < -0.4 is 5.32 Å². The Bertz CT molecular complexity index is 985. The molecule has 1 aromatic heterocycles. The maximum Gasteiger partial charge on any atom is 0.341 e. The highest BCUT2D eigenvalue weighted by Gasteiger charge is 2.31. The predicted octanol–water partition coefficient (Wildman–Crippen LogP) is 5.25. The normalized spacial score (nSPS) is 15.7. The molecule has 0 spiro atoms. The van der Waals surface area contributed by atoms with Crippen molar-refractivity contribution in [1.82, 2.24) is 0 Å². The molecule has 1 N–H and O–H groups in total. The zero-order valence-electron chi connectivity index (χ0n) is 16.3. The number of hydrogen-bond donors (Lipinski definition) is 1. The van der Waals surface area contributed by atoms with E-state index in [1.54, 1.807) is 13.8 Å². The summed E-state index contributed by atoms with van der Waals surface area (Å²) in [5, 5.41) is 14.5. The lowest BCUT2D eigenvalue weighted by molar-refractivity contribution is -0.385. The molecule has 0 unspecified atom stereocenters. The van der Waals surface area contributed by atoms with E-state index in [1.165, 1.54) is 29.5 Å². The summed E-state index contributed by atoms with van der Waals surface area (Å²) in [5.74, 6) is -0.708. The van der Waals surface area contributed by atoms with E-state index in [-0.39, 0.29) is 22.4 Å². The molecule has 0 bridgehead atoms. The molecule has 1 aliphatic carbocycles. The molecule has 0 radical (unpaired) electrons. The quantitative estimate of drug-likeness (QED) is 0.392. The van der Waals surface area contributed by atoms with Gasteiger partial charge < -0.3 is 10.1 Å². The first-order valence-electron chi connectivity index (χ1n) is 9.28. The molecular weight excluding hydrogens is 416 g/mol. The number of rotatable bonds is 5. The van der Waals surface area contributed by atoms with Crippen LogP contribution in [0.15, 0.2) is 18.2 Å². The molecule has 2 aromatic rings. The zero-order valence-corrected chi connectivity index (χ0v) is 17.9. The summed E-state index contributed by atoms with van der Waals surface area (Å²) in [5.41, 5.74) is 0.733. The van der Waals surface area contributed by atoms with Crippen LogP contribution in [-0.4, -0.2) is 22.9 Å². The van der Waals surface area contributed by atoms with Crippen molar-refractivity contribution in [2.45, 2.75) is 46.1 Å². The molecule has 7 nitrogen and oxygen atoms in total. The van der Waals surface area contributed by atoms with Crippen LogP contribution in [0.3, 0.4) is 0 Å². The molecule has 0 aliphatic heterocycles. The van der Waals surface area contributed by atoms with E-state index >= 15 is 0 Å². The number of nitrogens with one attached hydrogen (secondary N) is 1. The predicted molar refractivity (Wildman–Crippen MR) is 112 cm³/mol. The van der Waals surface area contributed by atoms with Gasteiger partial charge in [-0.1, -0.05) is 18.5 Å². The van der Waals surface area contributed by atoms with Crippen LogP contribution in [0.25, 0.3) is 0 Å². The number of nitro groups is 1. The monoisotopic (exact) mass is 436 g/mol. The van der Waals surface area contributed by atoms with E-state index in [0.29, 0.717) is 16.5 Å². The average molecular weight is 437 g/mol. The largest absolute Gasteiger partial charge is 0.459 e. The molecule has 0 fully saturated rings. The lowest BCUT2D eigenvalue weighted by atomic mass is 9.88. The van der Waals surface area contributed by atoms with E-state index in [1.807, 2.05) is 0 Å². The van der Waals surface area contributed by atoms with Gasteiger partial charge in [0.1, 0.15) is 10.6 Å². The molecule has 1 amide bonds. The van der Waals surface area contributed by atoms with Crippen molar-refractivity contribution in [2.24, 2.45) is 5.92 Å². The van der Waals surface area contributed by atoms with Crippen molar-refractivity contribution in [1.29, 1.82) is 0 Å². The van der Waals surface area contributed by atoms with Gasteiger partial charge in [-0.15, -0.1) is 11.3 Å². The van der Waals surface area contributed by atoms with Gasteiger partial charge in [0.15, 0.2) is 0 Å². The number of nitrogens with zero attached hydrogens (tertiary/aromatic N) is 1. The zero-order chi connectivity index (χ0) is 21.3. The Labute approximate surface area is 177 Å². The summed E-state index contributed by atoms with van der Waals surface area (Å²) < 4.78 is 5.38. The van der Waals surface area contributed by atoms with Gasteiger partial charge in [-0.05, 0) is 56.7 Å². The van der Waals surface area contributed by atoms with Crippen LogP contribution >= 0.6 is 22.9 Å². The second-order valence-corrected chi connectivity index (χ2v) is 8.92. The molecule has 0 saturated heterocycles. The number of thiophene rings is 1. The lowest BCUT2D eigenvalue weighted by Crippen LogP contribution is -2.19. The van der Waals surface area contributed by atoms with Crippen molar-refractivity contribution in [3.63, 3.8) is 0 Å². The van der Waals surface area contributed by atoms with Crippen molar-refractivity contribution < 1.29 is 19.2 Å². The summed E-state index contributed by atoms with van der Waals surface area (Å²) >= 11 is 7.26. The van der Waals surface area contributed by atoms with Gasteiger partial charge in [-0.2, -0.15) is 0 Å². The number of benzene rings is 1. The highest BCUT2D eigenvalue weighted by Crippen LogP contribution is 2.40. The number of esters is 1. The van der Waals surface area contributed by atoms with Crippen LogP contribution in [0.2, 0.25) is 5.02 Å². The van der Waals surface area contributed by atoms with Crippen LogP contribution in [0.5, 0.6) is 0 Å². The second-order valence-electron chi connectivity index (χ2n) is 7.38. The minimum atomic E-state index is -0.690. The highest BCUT2D eigenvalue weighted by molar-refractivity contribution is 7.17. The number of carbonyl (C=O) groups is 2. The Balaban J connectivity index is 2.01. The van der Waals surface area contributed by atoms with Gasteiger partial charge in [0.2, 0.25) is 0 Å². The van der Waals surface area contributed by atoms with Gasteiger partial charge in [-0.3, -0.25) is 14.9 Å². The summed E-state index contributed by atoms with van der Waals surface area (Å²) in [6.07, 6.45) is 2.18. The summed E-state index contributed by atoms with van der Waals surface area (Å²) in [6.45, 7) is 5.65. The Morgan fingerprint density at radius 3 is 2.76 bits per heavy atom. The van der Waals surface area contributed by atoms with Crippen molar-refractivity contribution in [3.8, 4) is 0 Å². The van der Waals surface area contributed by atoms with E-state index in [9.17, 15) is 19.7 Å². The smallest absolute Gasteiger partial charge is 0.341 e. The minimum absolute atomic E-state index is 0.162. The fraction of sp³-hybridized carbons (Fsp3) is 0.400. The highest BCUT2D eigenvalue weighted by atomic mass is 35.5. The van der Waals surface area contributed by atoms with Crippen molar-refractivity contribution in [3.05, 3.63) is 54.9 Å². The van der Waals surface area contributed by atoms with Gasteiger partial charge >= 0.3 is 5.97 Å². The third-order valence-electron chi connectivity index (χ3n) is 4.69. The number of ether oxygens (including phenoxy) is 1. The molecule has 1 heterocycles. The molecule has 1 atom stereocenters. The molecule has 9 heteroatoms. The molecule has 3 rings (SSSR count). The number of anilines is 1. The van der Waals surface area contributed by atoms with Gasteiger partial charge in [-0.25, -0.2) is 4.79 Å². The SMILES string of the molecule is CC(C)OC(=O)c1c(NC(=O)c2cc(Cl)ccc2[N+](=O)[O-])sc2c1CC[C@@H](C)C2. The maximum atomic E-state index is 12.8. The number of carbonyl (C=O) groups excluding carboxylic acids is 2. The van der Waals surface area contributed by atoms with Gasteiger partial charge in [0, 0.05) is 16.0 Å². The van der Waals surface area contributed by atoms with Gasteiger partial charge in [0.05, 0.1) is 16.6 Å². The fourth-order valence-corrected chi connectivity index (χ4v) is 4.91. The molecule has 1 aromatic carbocycles. The van der Waals surface area contributed by atoms with Crippen LogP contribution in [0, 0.1) is 16.0 Å². The number of amides is 1. The maximum absolute atomic E-state index is 12.8. The number of hydrogen-bond acceptors (Lipinski definition) is 6. The van der Waals surface area contributed by atoms with E-state index < -0.39 is 16.8 Å². The number of fused-ring (bicyclic) bond motifs is 1. The lowest BCUT2D eigenvalue weighted by Gasteiger charge is -2.18. The Morgan fingerprint density at radius 2 is 2.10 bits per heavy atom. The Kier molecular flexibility index (Phi) is 6.24. The Hall–Kier alpha value is -2.45. The summed E-state index contributed by atoms with van der Waals surface area (Å²) in [6, 6.07) is 3.79. The molecule has 29 heavy (non-hydrogen) atoms. The van der Waals surface area contributed by atoms with E-state index in [4.69, 9.17) is 16.3 Å². The first-order valence-corrected chi connectivity index (χ1v) is 10.5. The summed E-state index contributed by atoms with van der Waals surface area (Å²) in [7, 11) is 0. The van der Waals surface area contributed by atoms with Crippen LogP contribution in [0.1, 0.15) is 58.3 Å². The van der Waals surface area contributed by atoms with Crippen molar-refractivity contribution >= 4 is 45.5 Å². The third-order valence-corrected chi connectivity index (χ3v) is 6.09. The third kappa shape index (κ3) is 4.59. The van der Waals surface area contributed by atoms with Crippen LogP contribution in [-0.2, 0) is 17.6 Å². The van der Waals surface area contributed by atoms with Gasteiger partial charge in [0.25, 0.3) is 11.6 Å².